The molecule has 5 nitrogen and oxygen atoms in total. The first-order valence-corrected chi connectivity index (χ1v) is 9.80. The molecule has 1 fully saturated rings. The summed E-state index contributed by atoms with van der Waals surface area (Å²) in [6.45, 7) is 3.64. The van der Waals surface area contributed by atoms with Crippen molar-refractivity contribution in [3.05, 3.63) is 59.7 Å². The lowest BCUT2D eigenvalue weighted by molar-refractivity contribution is 0.0733. The maximum absolute atomic E-state index is 12.9. The van der Waals surface area contributed by atoms with Gasteiger partial charge in [-0.1, -0.05) is 30.3 Å². The average molecular weight is 377 g/mol. The van der Waals surface area contributed by atoms with Crippen LogP contribution >= 0.6 is 0 Å². The Morgan fingerprint density at radius 3 is 2.68 bits per heavy atom. The van der Waals surface area contributed by atoms with Crippen LogP contribution in [0.1, 0.15) is 28.8 Å². The lowest BCUT2D eigenvalue weighted by atomic mass is 9.95. The zero-order chi connectivity index (χ0) is 19.9. The average Bonchev–Trinajstić information content (AvgIpc) is 2.74. The third kappa shape index (κ3) is 4.78. The van der Waals surface area contributed by atoms with Crippen LogP contribution < -0.4 is 0 Å². The van der Waals surface area contributed by atoms with Crippen molar-refractivity contribution in [1.29, 1.82) is 5.26 Å². The van der Waals surface area contributed by atoms with Crippen LogP contribution in [0.2, 0.25) is 0 Å². The van der Waals surface area contributed by atoms with E-state index in [4.69, 9.17) is 5.11 Å². The summed E-state index contributed by atoms with van der Waals surface area (Å²) < 4.78 is 0. The highest BCUT2D eigenvalue weighted by Crippen LogP contribution is 2.25. The Labute approximate surface area is 166 Å². The summed E-state index contributed by atoms with van der Waals surface area (Å²) in [5.74, 6) is 0.500. The zero-order valence-corrected chi connectivity index (χ0v) is 16.3. The summed E-state index contributed by atoms with van der Waals surface area (Å²) in [7, 11) is 1.86. The Hall–Kier alpha value is -2.68. The van der Waals surface area contributed by atoms with E-state index in [1.165, 1.54) is 0 Å². The number of aliphatic hydroxyl groups excluding tert-OH is 1. The molecule has 0 radical (unpaired) electrons. The largest absolute Gasteiger partial charge is 0.395 e. The highest BCUT2D eigenvalue weighted by molar-refractivity contribution is 5.95. The molecule has 0 aliphatic carbocycles. The molecule has 0 bridgehead atoms. The number of amides is 1. The first kappa shape index (κ1) is 20.1. The smallest absolute Gasteiger partial charge is 0.253 e. The molecule has 2 aromatic rings. The van der Waals surface area contributed by atoms with Gasteiger partial charge in [0.15, 0.2) is 0 Å². The number of hydrogen-bond donors (Lipinski definition) is 1. The van der Waals surface area contributed by atoms with Crippen molar-refractivity contribution in [3.8, 4) is 17.2 Å². The normalized spacial score (nSPS) is 15.2. The molecule has 0 atom stereocenters. The fourth-order valence-corrected chi connectivity index (χ4v) is 3.88. The van der Waals surface area contributed by atoms with E-state index in [0.29, 0.717) is 17.0 Å². The molecule has 1 aliphatic rings. The summed E-state index contributed by atoms with van der Waals surface area (Å²) >= 11 is 0. The van der Waals surface area contributed by atoms with Gasteiger partial charge in [-0.3, -0.25) is 4.79 Å². The molecule has 146 valence electrons. The maximum Gasteiger partial charge on any atom is 0.253 e. The van der Waals surface area contributed by atoms with Gasteiger partial charge >= 0.3 is 0 Å². The molecule has 0 unspecified atom stereocenters. The Bertz CT molecular complexity index is 851. The molecule has 0 aromatic heterocycles. The van der Waals surface area contributed by atoms with E-state index < -0.39 is 0 Å². The number of aliphatic hydroxyl groups is 1. The van der Waals surface area contributed by atoms with Gasteiger partial charge in [0.05, 0.1) is 18.2 Å². The second kappa shape index (κ2) is 9.50. The molecule has 0 saturated carbocycles. The second-order valence-electron chi connectivity index (χ2n) is 7.43. The SMILES string of the molecule is CN(CC1CCN(CCO)CC1)C(=O)c1cccc(-c2ccccc2C#N)c1. The molecule has 1 aliphatic heterocycles. The molecule has 1 amide bonds. The molecule has 28 heavy (non-hydrogen) atoms. The number of β-amino-alcohol motifs (C(OH)–C–C–N with tert-alkyl or cyclic N) is 1. The quantitative estimate of drug-likeness (QED) is 0.840. The number of nitriles is 1. The van der Waals surface area contributed by atoms with E-state index in [1.807, 2.05) is 54.4 Å². The first-order chi connectivity index (χ1) is 13.6. The second-order valence-corrected chi connectivity index (χ2v) is 7.43. The third-order valence-corrected chi connectivity index (χ3v) is 5.47. The van der Waals surface area contributed by atoms with Crippen LogP contribution in [0.15, 0.2) is 48.5 Å². The molecule has 3 rings (SSSR count). The Morgan fingerprint density at radius 1 is 1.21 bits per heavy atom. The topological polar surface area (TPSA) is 67.6 Å². The van der Waals surface area contributed by atoms with Gasteiger partial charge in [-0.05, 0) is 61.2 Å². The number of piperidine rings is 1. The Morgan fingerprint density at radius 2 is 1.96 bits per heavy atom. The monoisotopic (exact) mass is 377 g/mol. The van der Waals surface area contributed by atoms with Gasteiger partial charge in [0.25, 0.3) is 5.91 Å². The van der Waals surface area contributed by atoms with Crippen molar-refractivity contribution in [2.45, 2.75) is 12.8 Å². The predicted molar refractivity (Wildman–Crippen MR) is 110 cm³/mol. The van der Waals surface area contributed by atoms with Crippen molar-refractivity contribution in [3.63, 3.8) is 0 Å². The minimum atomic E-state index is 0.00840. The summed E-state index contributed by atoms with van der Waals surface area (Å²) in [4.78, 5) is 17.0. The number of rotatable bonds is 6. The number of likely N-dealkylation sites (tertiary alicyclic amines) is 1. The van der Waals surface area contributed by atoms with Crippen molar-refractivity contribution in [1.82, 2.24) is 9.80 Å². The third-order valence-electron chi connectivity index (χ3n) is 5.47. The number of benzene rings is 2. The van der Waals surface area contributed by atoms with Gasteiger partial charge in [-0.2, -0.15) is 5.26 Å². The van der Waals surface area contributed by atoms with E-state index in [1.54, 1.807) is 6.07 Å². The summed E-state index contributed by atoms with van der Waals surface area (Å²) in [6, 6.07) is 17.2. The number of hydrogen-bond acceptors (Lipinski definition) is 4. The van der Waals surface area contributed by atoms with Gasteiger partial charge in [0.2, 0.25) is 0 Å². The van der Waals surface area contributed by atoms with Crippen LogP contribution in [0.4, 0.5) is 0 Å². The van der Waals surface area contributed by atoms with E-state index >= 15 is 0 Å². The van der Waals surface area contributed by atoms with Gasteiger partial charge in [0.1, 0.15) is 0 Å². The van der Waals surface area contributed by atoms with E-state index in [2.05, 4.69) is 11.0 Å². The van der Waals surface area contributed by atoms with Crippen LogP contribution in [0.3, 0.4) is 0 Å². The number of carbonyl (C=O) groups excluding carboxylic acids is 1. The summed E-state index contributed by atoms with van der Waals surface area (Å²) in [5.41, 5.74) is 2.98. The molecule has 1 heterocycles. The van der Waals surface area contributed by atoms with Gasteiger partial charge in [-0.25, -0.2) is 0 Å². The molecule has 1 N–H and O–H groups in total. The molecular formula is C23H27N3O2. The summed E-state index contributed by atoms with van der Waals surface area (Å²) in [6.07, 6.45) is 2.10. The minimum absolute atomic E-state index is 0.00840. The van der Waals surface area contributed by atoms with Crippen molar-refractivity contribution < 1.29 is 9.90 Å². The van der Waals surface area contributed by atoms with E-state index in [0.717, 1.165) is 50.1 Å². The van der Waals surface area contributed by atoms with Crippen molar-refractivity contribution in [2.75, 3.05) is 39.8 Å². The molecule has 2 aromatic carbocycles. The first-order valence-electron chi connectivity index (χ1n) is 9.80. The van der Waals surface area contributed by atoms with Crippen LogP contribution in [-0.4, -0.2) is 60.6 Å². The van der Waals surface area contributed by atoms with Crippen molar-refractivity contribution >= 4 is 5.91 Å². The Balaban J connectivity index is 1.67. The fourth-order valence-electron chi connectivity index (χ4n) is 3.88. The van der Waals surface area contributed by atoms with Crippen LogP contribution in [-0.2, 0) is 0 Å². The zero-order valence-electron chi connectivity index (χ0n) is 16.3. The summed E-state index contributed by atoms with van der Waals surface area (Å²) in [5, 5.41) is 18.4. The predicted octanol–water partition coefficient (Wildman–Crippen LogP) is 3.00. The minimum Gasteiger partial charge on any atom is -0.395 e. The standard InChI is InChI=1S/C23H27N3O2/c1-25(17-18-9-11-26(12-10-18)13-14-27)23(28)20-7-4-6-19(15-20)22-8-3-2-5-21(22)16-24/h2-8,15,18,27H,9-14,17H2,1H3. The maximum atomic E-state index is 12.9. The lowest BCUT2D eigenvalue weighted by Gasteiger charge is -2.33. The Kier molecular flexibility index (Phi) is 6.80. The molecule has 0 spiro atoms. The fraction of sp³-hybridized carbons (Fsp3) is 0.391. The molecular weight excluding hydrogens is 350 g/mol. The number of carbonyl (C=O) groups is 1. The highest BCUT2D eigenvalue weighted by Gasteiger charge is 2.22. The van der Waals surface area contributed by atoms with Gasteiger partial charge in [0, 0.05) is 25.7 Å². The van der Waals surface area contributed by atoms with Crippen LogP contribution in [0.25, 0.3) is 11.1 Å². The lowest BCUT2D eigenvalue weighted by Crippen LogP contribution is -2.40. The van der Waals surface area contributed by atoms with Crippen LogP contribution in [0.5, 0.6) is 0 Å². The highest BCUT2D eigenvalue weighted by atomic mass is 16.3. The van der Waals surface area contributed by atoms with Crippen molar-refractivity contribution in [2.24, 2.45) is 5.92 Å². The van der Waals surface area contributed by atoms with Gasteiger partial charge in [-0.15, -0.1) is 0 Å². The number of nitrogens with zero attached hydrogens (tertiary/aromatic N) is 3. The van der Waals surface area contributed by atoms with Gasteiger partial charge < -0.3 is 14.9 Å². The molecule has 5 heteroatoms. The van der Waals surface area contributed by atoms with Crippen LogP contribution in [0, 0.1) is 17.2 Å². The van der Waals surface area contributed by atoms with E-state index in [9.17, 15) is 10.1 Å². The molecule has 1 saturated heterocycles. The van der Waals surface area contributed by atoms with E-state index in [-0.39, 0.29) is 12.5 Å².